The van der Waals surface area contributed by atoms with Crippen molar-refractivity contribution >= 4 is 23.4 Å². The van der Waals surface area contributed by atoms with Gasteiger partial charge in [0, 0.05) is 26.2 Å². The minimum absolute atomic E-state index is 0.00410. The molecule has 1 heterocycles. The summed E-state index contributed by atoms with van der Waals surface area (Å²) in [6, 6.07) is 9.88. The van der Waals surface area contributed by atoms with Gasteiger partial charge in [0.25, 0.3) is 11.8 Å². The minimum Gasteiger partial charge on any atom is -0.337 e. The van der Waals surface area contributed by atoms with Gasteiger partial charge >= 0.3 is 0 Å². The van der Waals surface area contributed by atoms with E-state index in [0.717, 1.165) is 0 Å². The molecule has 2 aromatic rings. The molecule has 0 spiro atoms. The summed E-state index contributed by atoms with van der Waals surface area (Å²) < 4.78 is 27.8. The Bertz CT molecular complexity index is 824. The van der Waals surface area contributed by atoms with Gasteiger partial charge in [-0.1, -0.05) is 29.8 Å². The van der Waals surface area contributed by atoms with Crippen LogP contribution in [0, 0.1) is 11.6 Å². The van der Waals surface area contributed by atoms with Crippen molar-refractivity contribution in [3.8, 4) is 0 Å². The molecule has 2 aromatic carbocycles. The van der Waals surface area contributed by atoms with Crippen molar-refractivity contribution in [1.82, 2.24) is 9.80 Å². The predicted octanol–water partition coefficient (Wildman–Crippen LogP) is 3.61. The molecule has 4 nitrogen and oxygen atoms in total. The maximum absolute atomic E-state index is 14.0. The van der Waals surface area contributed by atoms with Crippen LogP contribution in [0.15, 0.2) is 42.5 Å². The third-order valence-electron chi connectivity index (χ3n) is 4.35. The van der Waals surface area contributed by atoms with Gasteiger partial charge < -0.3 is 9.80 Å². The minimum atomic E-state index is -0.675. The predicted molar refractivity (Wildman–Crippen MR) is 94.2 cm³/mol. The summed E-state index contributed by atoms with van der Waals surface area (Å²) in [5.41, 5.74) is -0.160. The molecule has 0 aromatic heterocycles. The molecule has 2 amide bonds. The lowest BCUT2D eigenvalue weighted by atomic mass is 10.1. The molecule has 1 aliphatic heterocycles. The maximum atomic E-state index is 14.0. The van der Waals surface area contributed by atoms with Crippen LogP contribution in [-0.2, 0) is 0 Å². The van der Waals surface area contributed by atoms with Crippen molar-refractivity contribution in [2.24, 2.45) is 0 Å². The molecular weight excluding hydrogens is 362 g/mol. The first-order chi connectivity index (χ1) is 12.5. The molecule has 0 atom stereocenters. The van der Waals surface area contributed by atoms with E-state index in [0.29, 0.717) is 19.5 Å². The summed E-state index contributed by atoms with van der Waals surface area (Å²) in [4.78, 5) is 28.1. The van der Waals surface area contributed by atoms with Crippen LogP contribution in [0.4, 0.5) is 8.78 Å². The largest absolute Gasteiger partial charge is 0.337 e. The van der Waals surface area contributed by atoms with E-state index in [2.05, 4.69) is 0 Å². The van der Waals surface area contributed by atoms with Gasteiger partial charge in [0.1, 0.15) is 11.6 Å². The molecule has 0 bridgehead atoms. The number of carbonyl (C=O) groups excluding carboxylic acids is 2. The van der Waals surface area contributed by atoms with E-state index in [1.807, 2.05) is 0 Å². The molecule has 1 fully saturated rings. The number of hydrogen-bond acceptors (Lipinski definition) is 2. The highest BCUT2D eigenvalue weighted by Gasteiger charge is 2.27. The van der Waals surface area contributed by atoms with Gasteiger partial charge in [-0.15, -0.1) is 0 Å². The normalized spacial score (nSPS) is 14.9. The Balaban J connectivity index is 1.73. The average Bonchev–Trinajstić information content (AvgIpc) is 2.87. The van der Waals surface area contributed by atoms with Crippen LogP contribution in [-0.4, -0.2) is 47.8 Å². The summed E-state index contributed by atoms with van der Waals surface area (Å²) >= 11 is 5.97. The number of hydrogen-bond donors (Lipinski definition) is 0. The molecule has 0 saturated carbocycles. The lowest BCUT2D eigenvalue weighted by Crippen LogP contribution is -2.38. The highest BCUT2D eigenvalue weighted by atomic mass is 35.5. The van der Waals surface area contributed by atoms with E-state index in [9.17, 15) is 18.4 Å². The van der Waals surface area contributed by atoms with Gasteiger partial charge in [0.15, 0.2) is 0 Å². The molecule has 0 N–H and O–H groups in total. The molecule has 1 saturated heterocycles. The third kappa shape index (κ3) is 3.70. The van der Waals surface area contributed by atoms with Crippen molar-refractivity contribution in [2.75, 3.05) is 26.2 Å². The van der Waals surface area contributed by atoms with E-state index in [1.54, 1.807) is 6.07 Å². The van der Waals surface area contributed by atoms with E-state index < -0.39 is 23.4 Å². The number of carbonyl (C=O) groups is 2. The van der Waals surface area contributed by atoms with Crippen LogP contribution >= 0.6 is 11.6 Å². The first kappa shape index (κ1) is 18.3. The highest BCUT2D eigenvalue weighted by Crippen LogP contribution is 2.22. The van der Waals surface area contributed by atoms with Crippen LogP contribution in [0.5, 0.6) is 0 Å². The zero-order valence-corrected chi connectivity index (χ0v) is 14.7. The Morgan fingerprint density at radius 2 is 1.42 bits per heavy atom. The van der Waals surface area contributed by atoms with Crippen LogP contribution in [0.25, 0.3) is 0 Å². The molecule has 7 heteroatoms. The molecule has 3 rings (SSSR count). The van der Waals surface area contributed by atoms with Crippen molar-refractivity contribution < 1.29 is 18.4 Å². The second kappa shape index (κ2) is 7.83. The van der Waals surface area contributed by atoms with E-state index in [4.69, 9.17) is 11.6 Å². The molecule has 0 unspecified atom stereocenters. The van der Waals surface area contributed by atoms with Gasteiger partial charge in [-0.3, -0.25) is 9.59 Å². The number of halogens is 3. The zero-order valence-electron chi connectivity index (χ0n) is 13.9. The zero-order chi connectivity index (χ0) is 18.7. The van der Waals surface area contributed by atoms with E-state index >= 15 is 0 Å². The summed E-state index contributed by atoms with van der Waals surface area (Å²) in [6.07, 6.45) is 0.512. The Labute approximate surface area is 155 Å². The van der Waals surface area contributed by atoms with Crippen molar-refractivity contribution in [2.45, 2.75) is 6.42 Å². The number of benzene rings is 2. The van der Waals surface area contributed by atoms with Crippen LogP contribution in [0.3, 0.4) is 0 Å². The van der Waals surface area contributed by atoms with Gasteiger partial charge in [-0.05, 0) is 30.7 Å². The van der Waals surface area contributed by atoms with Gasteiger partial charge in [0.05, 0.1) is 16.1 Å². The van der Waals surface area contributed by atoms with Crippen LogP contribution in [0.1, 0.15) is 27.1 Å². The standard InChI is InChI=1S/C19H17ClF2N2O2/c20-14-6-3-8-16(22)17(14)19(26)24-10-4-9-23(11-12-24)18(25)13-5-1-2-7-15(13)21/h1-3,5-8H,4,9-12H2. The van der Waals surface area contributed by atoms with Crippen molar-refractivity contribution in [1.29, 1.82) is 0 Å². The lowest BCUT2D eigenvalue weighted by molar-refractivity contribution is 0.0713. The lowest BCUT2D eigenvalue weighted by Gasteiger charge is -2.23. The smallest absolute Gasteiger partial charge is 0.258 e. The number of amides is 2. The van der Waals surface area contributed by atoms with Crippen LogP contribution in [0.2, 0.25) is 5.02 Å². The van der Waals surface area contributed by atoms with E-state index in [-0.39, 0.29) is 29.2 Å². The monoisotopic (exact) mass is 378 g/mol. The van der Waals surface area contributed by atoms with Gasteiger partial charge in [-0.2, -0.15) is 0 Å². The van der Waals surface area contributed by atoms with Gasteiger partial charge in [0.2, 0.25) is 0 Å². The Hall–Kier alpha value is -2.47. The molecule has 136 valence electrons. The number of nitrogens with zero attached hydrogens (tertiary/aromatic N) is 2. The Kier molecular flexibility index (Phi) is 5.52. The summed E-state index contributed by atoms with van der Waals surface area (Å²) in [5, 5.41) is 0.0542. The highest BCUT2D eigenvalue weighted by molar-refractivity contribution is 6.33. The second-order valence-electron chi connectivity index (χ2n) is 6.01. The fourth-order valence-corrected chi connectivity index (χ4v) is 3.23. The average molecular weight is 379 g/mol. The first-order valence-corrected chi connectivity index (χ1v) is 8.64. The summed E-state index contributed by atoms with van der Waals surface area (Å²) in [5.74, 6) is -2.17. The fraction of sp³-hybridized carbons (Fsp3) is 0.263. The van der Waals surface area contributed by atoms with E-state index in [1.165, 1.54) is 46.2 Å². The topological polar surface area (TPSA) is 40.6 Å². The van der Waals surface area contributed by atoms with Gasteiger partial charge in [-0.25, -0.2) is 8.78 Å². The summed E-state index contributed by atoms with van der Waals surface area (Å²) in [7, 11) is 0. The molecule has 26 heavy (non-hydrogen) atoms. The summed E-state index contributed by atoms with van der Waals surface area (Å²) in [6.45, 7) is 1.22. The second-order valence-corrected chi connectivity index (χ2v) is 6.42. The third-order valence-corrected chi connectivity index (χ3v) is 4.67. The molecule has 0 aliphatic carbocycles. The molecule has 1 aliphatic rings. The maximum Gasteiger partial charge on any atom is 0.258 e. The van der Waals surface area contributed by atoms with Crippen molar-refractivity contribution in [3.63, 3.8) is 0 Å². The first-order valence-electron chi connectivity index (χ1n) is 8.26. The van der Waals surface area contributed by atoms with Crippen molar-refractivity contribution in [3.05, 3.63) is 70.2 Å². The Morgan fingerprint density at radius 3 is 2.08 bits per heavy atom. The Morgan fingerprint density at radius 1 is 0.808 bits per heavy atom. The quantitative estimate of drug-likeness (QED) is 0.801. The molecular formula is C19H17ClF2N2O2. The fourth-order valence-electron chi connectivity index (χ4n) is 2.99. The van der Waals surface area contributed by atoms with Crippen LogP contribution < -0.4 is 0 Å². The number of rotatable bonds is 2. The molecule has 0 radical (unpaired) electrons. The SMILES string of the molecule is O=C(c1ccccc1F)N1CCCN(C(=O)c2c(F)cccc2Cl)CC1.